The largest absolute Gasteiger partial charge is 0.348 e. The minimum Gasteiger partial charge on any atom is -0.348 e. The molecule has 24 heavy (non-hydrogen) atoms. The van der Waals surface area contributed by atoms with Crippen LogP contribution in [0.2, 0.25) is 10.0 Å². The third-order valence-corrected chi connectivity index (χ3v) is 4.10. The Kier molecular flexibility index (Phi) is 5.18. The Bertz CT molecular complexity index is 861. The van der Waals surface area contributed by atoms with Gasteiger partial charge >= 0.3 is 0 Å². The summed E-state index contributed by atoms with van der Waals surface area (Å²) >= 11 is 12.0. The Labute approximate surface area is 150 Å². The summed E-state index contributed by atoms with van der Waals surface area (Å²) in [5.41, 5.74) is 2.45. The molecule has 0 saturated heterocycles. The van der Waals surface area contributed by atoms with Gasteiger partial charge in [0.1, 0.15) is 0 Å². The van der Waals surface area contributed by atoms with E-state index in [4.69, 9.17) is 23.2 Å². The lowest BCUT2D eigenvalue weighted by atomic mass is 10.1. The van der Waals surface area contributed by atoms with Crippen molar-refractivity contribution in [2.45, 2.75) is 13.1 Å². The minimum absolute atomic E-state index is 0.143. The quantitative estimate of drug-likeness (QED) is 0.742. The molecule has 0 radical (unpaired) electrons. The van der Waals surface area contributed by atoms with Crippen LogP contribution in [0.3, 0.4) is 0 Å². The zero-order valence-electron chi connectivity index (χ0n) is 12.7. The van der Waals surface area contributed by atoms with Gasteiger partial charge in [0.05, 0.1) is 17.8 Å². The number of hydrogen-bond acceptors (Lipinski definition) is 2. The summed E-state index contributed by atoms with van der Waals surface area (Å²) < 4.78 is 1.73. The predicted molar refractivity (Wildman–Crippen MR) is 95.4 cm³/mol. The molecule has 1 N–H and O–H groups in total. The molecule has 2 aromatic carbocycles. The Morgan fingerprint density at radius 2 is 1.96 bits per heavy atom. The van der Waals surface area contributed by atoms with Gasteiger partial charge in [-0.15, -0.1) is 0 Å². The zero-order chi connectivity index (χ0) is 16.9. The first kappa shape index (κ1) is 16.6. The van der Waals surface area contributed by atoms with Crippen molar-refractivity contribution in [3.8, 4) is 0 Å². The topological polar surface area (TPSA) is 46.9 Å². The third-order valence-electron chi connectivity index (χ3n) is 3.53. The Morgan fingerprint density at radius 3 is 2.71 bits per heavy atom. The fourth-order valence-corrected chi connectivity index (χ4v) is 2.70. The zero-order valence-corrected chi connectivity index (χ0v) is 14.3. The highest BCUT2D eigenvalue weighted by molar-refractivity contribution is 6.31. The maximum atomic E-state index is 12.3. The van der Waals surface area contributed by atoms with Gasteiger partial charge in [-0.2, -0.15) is 5.10 Å². The fourth-order valence-electron chi connectivity index (χ4n) is 2.34. The van der Waals surface area contributed by atoms with Crippen molar-refractivity contribution in [2.24, 2.45) is 0 Å². The predicted octanol–water partition coefficient (Wildman–Crippen LogP) is 4.17. The van der Waals surface area contributed by atoms with Crippen LogP contribution in [0.1, 0.15) is 21.5 Å². The van der Waals surface area contributed by atoms with Crippen molar-refractivity contribution in [1.29, 1.82) is 0 Å². The van der Waals surface area contributed by atoms with E-state index in [2.05, 4.69) is 10.4 Å². The molecular weight excluding hydrogens is 345 g/mol. The SMILES string of the molecule is O=C(NCc1ccccc1Cl)c1cccc(Cn2cc(Cl)cn2)c1. The molecule has 0 saturated carbocycles. The molecule has 0 aliphatic carbocycles. The molecule has 1 amide bonds. The second-order valence-electron chi connectivity index (χ2n) is 5.33. The molecule has 6 heteroatoms. The van der Waals surface area contributed by atoms with Crippen molar-refractivity contribution in [2.75, 3.05) is 0 Å². The van der Waals surface area contributed by atoms with Gasteiger partial charge in [0.15, 0.2) is 0 Å². The number of halogens is 2. The molecular formula is C18H15Cl2N3O. The molecule has 0 bridgehead atoms. The summed E-state index contributed by atoms with van der Waals surface area (Å²) in [6.07, 6.45) is 3.33. The Balaban J connectivity index is 1.67. The number of amides is 1. The second kappa shape index (κ2) is 7.51. The summed E-state index contributed by atoms with van der Waals surface area (Å²) in [5.74, 6) is -0.143. The molecule has 4 nitrogen and oxygen atoms in total. The Hall–Kier alpha value is -2.30. The minimum atomic E-state index is -0.143. The Morgan fingerprint density at radius 1 is 1.12 bits per heavy atom. The van der Waals surface area contributed by atoms with Crippen LogP contribution in [-0.2, 0) is 13.1 Å². The molecule has 0 unspecified atom stereocenters. The molecule has 0 aliphatic rings. The normalized spacial score (nSPS) is 10.6. The molecule has 1 aromatic heterocycles. The summed E-state index contributed by atoms with van der Waals surface area (Å²) in [6.45, 7) is 0.940. The maximum Gasteiger partial charge on any atom is 0.251 e. The number of rotatable bonds is 5. The highest BCUT2D eigenvalue weighted by Crippen LogP contribution is 2.15. The van der Waals surface area contributed by atoms with Gasteiger partial charge < -0.3 is 5.32 Å². The molecule has 0 spiro atoms. The van der Waals surface area contributed by atoms with Crippen molar-refractivity contribution >= 4 is 29.1 Å². The van der Waals surface area contributed by atoms with E-state index in [1.54, 1.807) is 29.2 Å². The average Bonchev–Trinajstić information content (AvgIpc) is 2.99. The number of carbonyl (C=O) groups is 1. The number of aromatic nitrogens is 2. The van der Waals surface area contributed by atoms with Crippen LogP contribution < -0.4 is 5.32 Å². The number of benzene rings is 2. The first-order valence-electron chi connectivity index (χ1n) is 7.40. The van der Waals surface area contributed by atoms with Gasteiger partial charge in [0.2, 0.25) is 0 Å². The fraction of sp³-hybridized carbons (Fsp3) is 0.111. The van der Waals surface area contributed by atoms with Crippen LogP contribution >= 0.6 is 23.2 Å². The summed E-state index contributed by atoms with van der Waals surface area (Å²) in [5, 5.41) is 8.25. The lowest BCUT2D eigenvalue weighted by Gasteiger charge is -2.08. The highest BCUT2D eigenvalue weighted by atomic mass is 35.5. The van der Waals surface area contributed by atoms with E-state index >= 15 is 0 Å². The monoisotopic (exact) mass is 359 g/mol. The molecule has 122 valence electrons. The van der Waals surface area contributed by atoms with Gasteiger partial charge in [-0.1, -0.05) is 53.5 Å². The van der Waals surface area contributed by atoms with E-state index < -0.39 is 0 Å². The van der Waals surface area contributed by atoms with Crippen molar-refractivity contribution in [3.63, 3.8) is 0 Å². The molecule has 3 aromatic rings. The number of hydrogen-bond donors (Lipinski definition) is 1. The van der Waals surface area contributed by atoms with Crippen LogP contribution in [0.25, 0.3) is 0 Å². The summed E-state index contributed by atoms with van der Waals surface area (Å²) in [6, 6.07) is 14.9. The van der Waals surface area contributed by atoms with Crippen molar-refractivity contribution in [3.05, 3.63) is 87.7 Å². The van der Waals surface area contributed by atoms with Crippen LogP contribution in [-0.4, -0.2) is 15.7 Å². The third kappa shape index (κ3) is 4.16. The average molecular weight is 360 g/mol. The lowest BCUT2D eigenvalue weighted by molar-refractivity contribution is 0.0951. The molecule has 0 fully saturated rings. The van der Waals surface area contributed by atoms with Crippen molar-refractivity contribution < 1.29 is 4.79 Å². The van der Waals surface area contributed by atoms with Crippen molar-refractivity contribution in [1.82, 2.24) is 15.1 Å². The molecule has 1 heterocycles. The van der Waals surface area contributed by atoms with Crippen LogP contribution in [0.5, 0.6) is 0 Å². The van der Waals surface area contributed by atoms with Gasteiger partial charge in [-0.25, -0.2) is 0 Å². The van der Waals surface area contributed by atoms with E-state index in [0.717, 1.165) is 11.1 Å². The first-order chi connectivity index (χ1) is 11.6. The van der Waals surface area contributed by atoms with Gasteiger partial charge in [0, 0.05) is 23.3 Å². The molecule has 0 aliphatic heterocycles. The summed E-state index contributed by atoms with van der Waals surface area (Å²) in [4.78, 5) is 12.3. The smallest absolute Gasteiger partial charge is 0.251 e. The van der Waals surface area contributed by atoms with E-state index in [1.807, 2.05) is 36.4 Å². The standard InChI is InChI=1S/C18H15Cl2N3O/c19-16-10-22-23(12-16)11-13-4-3-6-14(8-13)18(24)21-9-15-5-1-2-7-17(15)20/h1-8,10,12H,9,11H2,(H,21,24). The first-order valence-corrected chi connectivity index (χ1v) is 8.16. The number of nitrogens with one attached hydrogen (secondary N) is 1. The van der Waals surface area contributed by atoms with E-state index in [-0.39, 0.29) is 5.91 Å². The van der Waals surface area contributed by atoms with E-state index in [1.165, 1.54) is 0 Å². The summed E-state index contributed by atoms with van der Waals surface area (Å²) in [7, 11) is 0. The molecule has 0 atom stereocenters. The van der Waals surface area contributed by atoms with Crippen LogP contribution in [0, 0.1) is 0 Å². The highest BCUT2D eigenvalue weighted by Gasteiger charge is 2.08. The van der Waals surface area contributed by atoms with E-state index in [0.29, 0.717) is 28.7 Å². The van der Waals surface area contributed by atoms with Crippen LogP contribution in [0.15, 0.2) is 60.9 Å². The van der Waals surface area contributed by atoms with Crippen LogP contribution in [0.4, 0.5) is 0 Å². The maximum absolute atomic E-state index is 12.3. The van der Waals surface area contributed by atoms with E-state index in [9.17, 15) is 4.79 Å². The number of nitrogens with zero attached hydrogens (tertiary/aromatic N) is 2. The number of carbonyl (C=O) groups excluding carboxylic acids is 1. The lowest BCUT2D eigenvalue weighted by Crippen LogP contribution is -2.23. The van der Waals surface area contributed by atoms with Gasteiger partial charge in [-0.05, 0) is 29.3 Å². The van der Waals surface area contributed by atoms with Gasteiger partial charge in [-0.3, -0.25) is 9.48 Å². The second-order valence-corrected chi connectivity index (χ2v) is 6.17. The molecule has 3 rings (SSSR count). The van der Waals surface area contributed by atoms with Gasteiger partial charge in [0.25, 0.3) is 5.91 Å².